The Kier molecular flexibility index (Phi) is 3.17. The van der Waals surface area contributed by atoms with Crippen LogP contribution >= 0.6 is 0 Å². The van der Waals surface area contributed by atoms with Crippen molar-refractivity contribution >= 4 is 10.2 Å². The molecule has 0 aromatic rings. The van der Waals surface area contributed by atoms with Gasteiger partial charge in [0, 0.05) is 19.1 Å². The third kappa shape index (κ3) is 2.25. The molecule has 3 aliphatic rings. The third-order valence-corrected chi connectivity index (χ3v) is 6.43. The molecule has 98 valence electrons. The Balaban J connectivity index is 1.66. The molecule has 5 heteroatoms. The molecule has 0 spiro atoms. The van der Waals surface area contributed by atoms with Gasteiger partial charge in [0.1, 0.15) is 0 Å². The largest absolute Gasteiger partial charge is 0.279 e. The van der Waals surface area contributed by atoms with Gasteiger partial charge in [-0.15, -0.1) is 0 Å². The maximum atomic E-state index is 12.2. The molecule has 2 aliphatic carbocycles. The van der Waals surface area contributed by atoms with Crippen molar-refractivity contribution in [1.29, 1.82) is 0 Å². The average Bonchev–Trinajstić information content (AvgIpc) is 2.93. The van der Waals surface area contributed by atoms with Crippen molar-refractivity contribution in [3.8, 4) is 0 Å². The van der Waals surface area contributed by atoms with Gasteiger partial charge in [-0.05, 0) is 43.9 Å². The number of hydrogen-bond donors (Lipinski definition) is 1. The van der Waals surface area contributed by atoms with Gasteiger partial charge < -0.3 is 0 Å². The first kappa shape index (κ1) is 11.9. The van der Waals surface area contributed by atoms with Crippen molar-refractivity contribution in [2.24, 2.45) is 11.8 Å². The zero-order valence-corrected chi connectivity index (χ0v) is 11.1. The lowest BCUT2D eigenvalue weighted by Gasteiger charge is -2.23. The minimum atomic E-state index is -3.20. The highest BCUT2D eigenvalue weighted by atomic mass is 32.2. The molecule has 4 nitrogen and oxygen atoms in total. The van der Waals surface area contributed by atoms with Gasteiger partial charge in [-0.25, -0.2) is 0 Å². The maximum Gasteiger partial charge on any atom is 0.279 e. The minimum Gasteiger partial charge on any atom is -0.199 e. The first-order valence-electron chi connectivity index (χ1n) is 6.94. The van der Waals surface area contributed by atoms with E-state index < -0.39 is 10.2 Å². The normalized spacial score (nSPS) is 38.7. The van der Waals surface area contributed by atoms with Crippen LogP contribution < -0.4 is 4.72 Å². The van der Waals surface area contributed by atoms with Gasteiger partial charge in [0.25, 0.3) is 10.2 Å². The van der Waals surface area contributed by atoms with Crippen LogP contribution in [0.25, 0.3) is 0 Å². The summed E-state index contributed by atoms with van der Waals surface area (Å²) in [5.74, 6) is 1.41. The Morgan fingerprint density at radius 2 is 1.71 bits per heavy atom. The van der Waals surface area contributed by atoms with E-state index in [2.05, 4.69) is 4.72 Å². The summed E-state index contributed by atoms with van der Waals surface area (Å²) in [6.45, 7) is 1.41. The van der Waals surface area contributed by atoms with E-state index in [4.69, 9.17) is 0 Å². The Hall–Kier alpha value is -0.130. The Morgan fingerprint density at radius 1 is 0.941 bits per heavy atom. The maximum absolute atomic E-state index is 12.2. The van der Waals surface area contributed by atoms with Crippen molar-refractivity contribution in [2.45, 2.75) is 51.0 Å². The van der Waals surface area contributed by atoms with Crippen LogP contribution in [0.5, 0.6) is 0 Å². The Morgan fingerprint density at radius 3 is 2.47 bits per heavy atom. The second-order valence-corrected chi connectivity index (χ2v) is 7.47. The Bertz CT molecular complexity index is 376. The summed E-state index contributed by atoms with van der Waals surface area (Å²) in [6.07, 6.45) is 8.11. The second kappa shape index (κ2) is 4.52. The van der Waals surface area contributed by atoms with Gasteiger partial charge >= 0.3 is 0 Å². The molecule has 0 amide bonds. The summed E-state index contributed by atoms with van der Waals surface area (Å²) in [6, 6.07) is 0.216. The quantitative estimate of drug-likeness (QED) is 0.834. The molecule has 3 atom stereocenters. The molecule has 2 saturated carbocycles. The number of fused-ring (bicyclic) bond motifs is 1. The van der Waals surface area contributed by atoms with E-state index in [0.717, 1.165) is 25.2 Å². The highest BCUT2D eigenvalue weighted by molar-refractivity contribution is 7.87. The first-order valence-corrected chi connectivity index (χ1v) is 8.38. The lowest BCUT2D eigenvalue weighted by molar-refractivity contribution is 0.385. The van der Waals surface area contributed by atoms with E-state index in [1.165, 1.54) is 25.7 Å². The van der Waals surface area contributed by atoms with E-state index in [0.29, 0.717) is 19.0 Å². The van der Waals surface area contributed by atoms with Crippen LogP contribution in [0.3, 0.4) is 0 Å². The summed E-state index contributed by atoms with van der Waals surface area (Å²) < 4.78 is 29.0. The summed E-state index contributed by atoms with van der Waals surface area (Å²) in [5, 5.41) is 0. The highest BCUT2D eigenvalue weighted by Crippen LogP contribution is 2.44. The lowest BCUT2D eigenvalue weighted by Crippen LogP contribution is -2.45. The second-order valence-electron chi connectivity index (χ2n) is 5.77. The van der Waals surface area contributed by atoms with Gasteiger partial charge in [0.15, 0.2) is 0 Å². The smallest absolute Gasteiger partial charge is 0.199 e. The van der Waals surface area contributed by atoms with Gasteiger partial charge in [-0.3, -0.25) is 0 Å². The SMILES string of the molecule is O=S(=O)(N[C@@H]1CC[C@H]2CCC[C@H]21)N1CCCC1. The molecule has 1 heterocycles. The first-order chi connectivity index (χ1) is 8.17. The molecular weight excluding hydrogens is 236 g/mol. The fourth-order valence-corrected chi connectivity index (χ4v) is 5.47. The fourth-order valence-electron chi connectivity index (χ4n) is 3.90. The number of hydrogen-bond acceptors (Lipinski definition) is 2. The molecule has 1 saturated heterocycles. The zero-order chi connectivity index (χ0) is 11.9. The summed E-state index contributed by atoms with van der Waals surface area (Å²) >= 11 is 0. The molecule has 1 aliphatic heterocycles. The predicted octanol–water partition coefficient (Wildman–Crippen LogP) is 1.50. The van der Waals surface area contributed by atoms with Gasteiger partial charge in [-0.1, -0.05) is 12.8 Å². The van der Waals surface area contributed by atoms with E-state index in [9.17, 15) is 8.42 Å². The van der Waals surface area contributed by atoms with Crippen molar-refractivity contribution in [1.82, 2.24) is 9.03 Å². The van der Waals surface area contributed by atoms with Crippen LogP contribution in [0.4, 0.5) is 0 Å². The minimum absolute atomic E-state index is 0.216. The van der Waals surface area contributed by atoms with Crippen LogP contribution in [0.1, 0.15) is 44.9 Å². The lowest BCUT2D eigenvalue weighted by atomic mass is 9.98. The van der Waals surface area contributed by atoms with Crippen molar-refractivity contribution < 1.29 is 8.42 Å². The fraction of sp³-hybridized carbons (Fsp3) is 1.00. The van der Waals surface area contributed by atoms with E-state index in [-0.39, 0.29) is 6.04 Å². The van der Waals surface area contributed by atoms with Crippen molar-refractivity contribution in [2.75, 3.05) is 13.1 Å². The van der Waals surface area contributed by atoms with Crippen LogP contribution in [-0.4, -0.2) is 31.9 Å². The molecule has 0 radical (unpaired) electrons. The molecule has 3 rings (SSSR count). The molecule has 0 unspecified atom stereocenters. The highest BCUT2D eigenvalue weighted by Gasteiger charge is 2.41. The third-order valence-electron chi connectivity index (χ3n) is 4.79. The van der Waals surface area contributed by atoms with E-state index >= 15 is 0 Å². The number of nitrogens with one attached hydrogen (secondary N) is 1. The molecule has 3 fully saturated rings. The standard InChI is InChI=1S/C12H22N2O2S/c15-17(16,14-8-1-2-9-14)13-12-7-6-10-4-3-5-11(10)12/h10-13H,1-9H2/t10-,11-,12-/m1/s1. The topological polar surface area (TPSA) is 49.4 Å². The van der Waals surface area contributed by atoms with E-state index in [1.807, 2.05) is 0 Å². The average molecular weight is 258 g/mol. The molecule has 0 aromatic carbocycles. The van der Waals surface area contributed by atoms with Gasteiger partial charge in [0.2, 0.25) is 0 Å². The van der Waals surface area contributed by atoms with Crippen molar-refractivity contribution in [3.63, 3.8) is 0 Å². The number of nitrogens with zero attached hydrogens (tertiary/aromatic N) is 1. The van der Waals surface area contributed by atoms with Gasteiger partial charge in [0.05, 0.1) is 0 Å². The van der Waals surface area contributed by atoms with E-state index in [1.54, 1.807) is 4.31 Å². The molecule has 0 aromatic heterocycles. The summed E-state index contributed by atoms with van der Waals surface area (Å²) in [5.41, 5.74) is 0. The van der Waals surface area contributed by atoms with Crippen molar-refractivity contribution in [3.05, 3.63) is 0 Å². The van der Waals surface area contributed by atoms with Crippen LogP contribution in [0, 0.1) is 11.8 Å². The summed E-state index contributed by atoms with van der Waals surface area (Å²) in [4.78, 5) is 0. The number of rotatable bonds is 3. The molecular formula is C12H22N2O2S. The molecule has 0 bridgehead atoms. The van der Waals surface area contributed by atoms with Crippen LogP contribution in [-0.2, 0) is 10.2 Å². The zero-order valence-electron chi connectivity index (χ0n) is 10.3. The molecule has 17 heavy (non-hydrogen) atoms. The molecule has 1 N–H and O–H groups in total. The predicted molar refractivity (Wildman–Crippen MR) is 66.7 cm³/mol. The van der Waals surface area contributed by atoms with Gasteiger partial charge in [-0.2, -0.15) is 17.4 Å². The monoisotopic (exact) mass is 258 g/mol. The summed E-state index contributed by atoms with van der Waals surface area (Å²) in [7, 11) is -3.20. The van der Waals surface area contributed by atoms with Crippen LogP contribution in [0.2, 0.25) is 0 Å². The Labute approximate surface area is 104 Å². The van der Waals surface area contributed by atoms with Crippen LogP contribution in [0.15, 0.2) is 0 Å².